The number of para-hydroxylation sites is 1. The lowest BCUT2D eigenvalue weighted by Gasteiger charge is -2.15. The highest BCUT2D eigenvalue weighted by Gasteiger charge is 2.11. The Hall–Kier alpha value is -2.69. The maximum atomic E-state index is 12.4. The Morgan fingerprint density at radius 3 is 2.32 bits per heavy atom. The molecule has 2 aromatic rings. The Morgan fingerprint density at radius 1 is 1.00 bits per heavy atom. The topological polar surface area (TPSA) is 59.6 Å². The highest BCUT2D eigenvalue weighted by atomic mass is 16.5. The van der Waals surface area contributed by atoms with Gasteiger partial charge in [0.2, 0.25) is 5.91 Å². The summed E-state index contributed by atoms with van der Waals surface area (Å²) >= 11 is 0. The largest absolute Gasteiger partial charge is 0.494 e. The van der Waals surface area contributed by atoms with E-state index in [2.05, 4.69) is 10.6 Å². The van der Waals surface area contributed by atoms with Crippen LogP contribution >= 0.6 is 0 Å². The molecule has 0 saturated carbocycles. The first-order valence-corrected chi connectivity index (χ1v) is 8.54. The molecule has 0 heterocycles. The van der Waals surface area contributed by atoms with Gasteiger partial charge < -0.3 is 20.1 Å². The minimum Gasteiger partial charge on any atom is -0.494 e. The van der Waals surface area contributed by atoms with E-state index in [9.17, 15) is 4.79 Å². The van der Waals surface area contributed by atoms with E-state index in [1.165, 1.54) is 0 Å². The van der Waals surface area contributed by atoms with E-state index in [-0.39, 0.29) is 12.5 Å². The third-order valence-electron chi connectivity index (χ3n) is 3.74. The summed E-state index contributed by atoms with van der Waals surface area (Å²) in [7, 11) is 0. The Labute approximate surface area is 149 Å². The zero-order valence-corrected chi connectivity index (χ0v) is 15.3. The maximum absolute atomic E-state index is 12.4. The van der Waals surface area contributed by atoms with Gasteiger partial charge in [-0.05, 0) is 51.0 Å². The number of amides is 1. The van der Waals surface area contributed by atoms with Crippen molar-refractivity contribution in [3.05, 3.63) is 47.5 Å². The van der Waals surface area contributed by atoms with Crippen LogP contribution in [0.3, 0.4) is 0 Å². The van der Waals surface area contributed by atoms with Crippen molar-refractivity contribution in [1.82, 2.24) is 0 Å². The molecule has 1 amide bonds. The van der Waals surface area contributed by atoms with Gasteiger partial charge in [-0.15, -0.1) is 0 Å². The lowest BCUT2D eigenvalue weighted by Crippen LogP contribution is -2.22. The summed E-state index contributed by atoms with van der Waals surface area (Å²) in [6, 6.07) is 11.5. The molecule has 2 N–H and O–H groups in total. The molecular formula is C20H26N2O3. The van der Waals surface area contributed by atoms with Crippen molar-refractivity contribution in [2.75, 3.05) is 30.4 Å². The fourth-order valence-electron chi connectivity index (χ4n) is 2.60. The second-order valence-corrected chi connectivity index (χ2v) is 5.69. The number of nitrogens with one attached hydrogen (secondary N) is 2. The highest BCUT2D eigenvalue weighted by Crippen LogP contribution is 2.29. The summed E-state index contributed by atoms with van der Waals surface area (Å²) in [5.74, 6) is 1.19. The lowest BCUT2D eigenvalue weighted by molar-refractivity contribution is -0.114. The summed E-state index contributed by atoms with van der Waals surface area (Å²) < 4.78 is 11.1. The van der Waals surface area contributed by atoms with Crippen LogP contribution in [0.1, 0.15) is 25.0 Å². The first-order valence-electron chi connectivity index (χ1n) is 8.54. The lowest BCUT2D eigenvalue weighted by atomic mass is 10.1. The molecule has 0 unspecified atom stereocenters. The molecule has 134 valence electrons. The van der Waals surface area contributed by atoms with Gasteiger partial charge in [0, 0.05) is 11.8 Å². The van der Waals surface area contributed by atoms with Crippen LogP contribution in [-0.2, 0) is 4.79 Å². The number of carbonyl (C=O) groups is 1. The minimum absolute atomic E-state index is 0.141. The van der Waals surface area contributed by atoms with Crippen LogP contribution in [0.2, 0.25) is 0 Å². The van der Waals surface area contributed by atoms with Crippen molar-refractivity contribution >= 4 is 17.3 Å². The number of hydrogen-bond donors (Lipinski definition) is 2. The third kappa shape index (κ3) is 5.14. The van der Waals surface area contributed by atoms with Crippen LogP contribution in [0, 0.1) is 13.8 Å². The molecule has 0 fully saturated rings. The average Bonchev–Trinajstić information content (AvgIpc) is 2.57. The average molecular weight is 342 g/mol. The van der Waals surface area contributed by atoms with E-state index in [0.29, 0.717) is 30.4 Å². The SMILES string of the molecule is CCOc1ccc(OCC)c(NC(=O)CNc2c(C)cccc2C)c1. The Balaban J connectivity index is 2.07. The number of carbonyl (C=O) groups excluding carboxylic acids is 1. The van der Waals surface area contributed by atoms with Gasteiger partial charge in [0.1, 0.15) is 11.5 Å². The zero-order chi connectivity index (χ0) is 18.2. The number of hydrogen-bond acceptors (Lipinski definition) is 4. The molecule has 0 bridgehead atoms. The van der Waals surface area contributed by atoms with E-state index in [4.69, 9.17) is 9.47 Å². The summed E-state index contributed by atoms with van der Waals surface area (Å²) in [5.41, 5.74) is 3.83. The number of benzene rings is 2. The van der Waals surface area contributed by atoms with Gasteiger partial charge >= 0.3 is 0 Å². The van der Waals surface area contributed by atoms with Gasteiger partial charge in [0.25, 0.3) is 0 Å². The van der Waals surface area contributed by atoms with Gasteiger partial charge in [-0.3, -0.25) is 4.79 Å². The van der Waals surface area contributed by atoms with Crippen LogP contribution in [0.5, 0.6) is 11.5 Å². The molecule has 0 atom stereocenters. The van der Waals surface area contributed by atoms with Crippen molar-refractivity contribution in [3.63, 3.8) is 0 Å². The summed E-state index contributed by atoms with van der Waals surface area (Å²) in [6.07, 6.45) is 0. The van der Waals surface area contributed by atoms with Crippen molar-refractivity contribution in [2.24, 2.45) is 0 Å². The number of rotatable bonds is 8. The molecule has 0 saturated heterocycles. The van der Waals surface area contributed by atoms with E-state index in [0.717, 1.165) is 16.8 Å². The molecule has 0 aliphatic heterocycles. The number of ether oxygens (including phenoxy) is 2. The van der Waals surface area contributed by atoms with Crippen LogP contribution in [0.4, 0.5) is 11.4 Å². The summed E-state index contributed by atoms with van der Waals surface area (Å²) in [5, 5.41) is 6.11. The third-order valence-corrected chi connectivity index (χ3v) is 3.74. The van der Waals surface area contributed by atoms with Crippen molar-refractivity contribution in [1.29, 1.82) is 0 Å². The second kappa shape index (κ2) is 8.97. The molecule has 0 aliphatic carbocycles. The monoisotopic (exact) mass is 342 g/mol. The van der Waals surface area contributed by atoms with Crippen LogP contribution in [0.25, 0.3) is 0 Å². The van der Waals surface area contributed by atoms with Crippen molar-refractivity contribution < 1.29 is 14.3 Å². The molecule has 5 nitrogen and oxygen atoms in total. The standard InChI is InChI=1S/C20H26N2O3/c1-5-24-16-10-11-18(25-6-2)17(12-16)22-19(23)13-21-20-14(3)8-7-9-15(20)4/h7-12,21H,5-6,13H2,1-4H3,(H,22,23). The molecule has 0 aromatic heterocycles. The Morgan fingerprint density at radius 2 is 1.68 bits per heavy atom. The summed E-state index contributed by atoms with van der Waals surface area (Å²) in [6.45, 7) is 9.13. The molecule has 25 heavy (non-hydrogen) atoms. The molecule has 0 radical (unpaired) electrons. The number of aryl methyl sites for hydroxylation is 2. The van der Waals surface area contributed by atoms with Gasteiger partial charge in [-0.2, -0.15) is 0 Å². The van der Waals surface area contributed by atoms with E-state index < -0.39 is 0 Å². The van der Waals surface area contributed by atoms with Gasteiger partial charge in [0.15, 0.2) is 0 Å². The first-order chi connectivity index (χ1) is 12.0. The zero-order valence-electron chi connectivity index (χ0n) is 15.3. The molecular weight excluding hydrogens is 316 g/mol. The van der Waals surface area contributed by atoms with Crippen LogP contribution in [0.15, 0.2) is 36.4 Å². The predicted molar refractivity (Wildman–Crippen MR) is 102 cm³/mol. The quantitative estimate of drug-likeness (QED) is 0.756. The second-order valence-electron chi connectivity index (χ2n) is 5.69. The van der Waals surface area contributed by atoms with Crippen molar-refractivity contribution in [2.45, 2.75) is 27.7 Å². The smallest absolute Gasteiger partial charge is 0.243 e. The van der Waals surface area contributed by atoms with Crippen molar-refractivity contribution in [3.8, 4) is 11.5 Å². The Kier molecular flexibility index (Phi) is 6.69. The normalized spacial score (nSPS) is 10.2. The van der Waals surface area contributed by atoms with Gasteiger partial charge in [-0.25, -0.2) is 0 Å². The predicted octanol–water partition coefficient (Wildman–Crippen LogP) is 4.15. The maximum Gasteiger partial charge on any atom is 0.243 e. The fraction of sp³-hybridized carbons (Fsp3) is 0.350. The number of anilines is 2. The Bertz CT molecular complexity index is 709. The molecule has 5 heteroatoms. The summed E-state index contributed by atoms with van der Waals surface area (Å²) in [4.78, 5) is 12.4. The highest BCUT2D eigenvalue weighted by molar-refractivity contribution is 5.95. The van der Waals surface area contributed by atoms with E-state index >= 15 is 0 Å². The molecule has 0 aliphatic rings. The molecule has 2 rings (SSSR count). The molecule has 2 aromatic carbocycles. The van der Waals surface area contributed by atoms with Gasteiger partial charge in [0.05, 0.1) is 25.4 Å². The van der Waals surface area contributed by atoms with Gasteiger partial charge in [-0.1, -0.05) is 18.2 Å². The fourth-order valence-corrected chi connectivity index (χ4v) is 2.60. The van der Waals surface area contributed by atoms with E-state index in [1.54, 1.807) is 6.07 Å². The first kappa shape index (κ1) is 18.6. The minimum atomic E-state index is -0.141. The van der Waals surface area contributed by atoms with Crippen LogP contribution in [-0.4, -0.2) is 25.7 Å². The van der Waals surface area contributed by atoms with Crippen LogP contribution < -0.4 is 20.1 Å². The van der Waals surface area contributed by atoms with E-state index in [1.807, 2.05) is 58.0 Å². The molecule has 0 spiro atoms.